The molecule has 1 aromatic heterocycles. The Kier molecular flexibility index (Phi) is 6.38. The van der Waals surface area contributed by atoms with Crippen molar-refractivity contribution >= 4 is 21.8 Å². The highest BCUT2D eigenvalue weighted by atomic mass is 32.2. The Labute approximate surface area is 119 Å². The van der Waals surface area contributed by atoms with Crippen LogP contribution in [0.25, 0.3) is 0 Å². The molecule has 0 aliphatic carbocycles. The Hall–Kier alpha value is -0.500. The van der Waals surface area contributed by atoms with Crippen LogP contribution in [0.4, 0.5) is 0 Å². The molecular formula is C12H22N2O3S2. The summed E-state index contributed by atoms with van der Waals surface area (Å²) in [5, 5.41) is 2.97. The molecule has 0 unspecified atom stereocenters. The fourth-order valence-corrected chi connectivity index (χ4v) is 3.89. The molecule has 0 atom stereocenters. The first kappa shape index (κ1) is 16.6. The molecule has 2 N–H and O–H groups in total. The second-order valence-corrected chi connectivity index (χ2v) is 6.99. The number of nitrogens with one attached hydrogen (secondary N) is 2. The molecule has 0 radical (unpaired) electrons. The summed E-state index contributed by atoms with van der Waals surface area (Å²) in [5.41, 5.74) is 0.706. The topological polar surface area (TPSA) is 71.3 Å². The van der Waals surface area contributed by atoms with Crippen LogP contribution >= 0.6 is 11.8 Å². The highest BCUT2D eigenvalue weighted by Gasteiger charge is 2.25. The number of sulfonamides is 1. The third-order valence-corrected chi connectivity index (χ3v) is 5.12. The minimum absolute atomic E-state index is 0.281. The molecule has 0 aliphatic heterocycles. The van der Waals surface area contributed by atoms with Gasteiger partial charge < -0.3 is 9.73 Å². The number of hydrogen-bond donors (Lipinski definition) is 2. The summed E-state index contributed by atoms with van der Waals surface area (Å²) in [5.74, 6) is 2.03. The van der Waals surface area contributed by atoms with Crippen molar-refractivity contribution in [2.45, 2.75) is 31.7 Å². The van der Waals surface area contributed by atoms with Crippen LogP contribution in [-0.2, 0) is 16.6 Å². The van der Waals surface area contributed by atoms with E-state index in [0.29, 0.717) is 30.2 Å². The summed E-state index contributed by atoms with van der Waals surface area (Å²) in [6.45, 7) is 4.39. The van der Waals surface area contributed by atoms with E-state index in [2.05, 4.69) is 10.0 Å². The molecule has 0 aromatic carbocycles. The lowest BCUT2D eigenvalue weighted by Crippen LogP contribution is -2.27. The van der Waals surface area contributed by atoms with Crippen molar-refractivity contribution < 1.29 is 12.8 Å². The van der Waals surface area contributed by atoms with Crippen LogP contribution in [0.15, 0.2) is 9.31 Å². The van der Waals surface area contributed by atoms with Gasteiger partial charge in [-0.15, -0.1) is 0 Å². The molecule has 0 saturated heterocycles. The maximum atomic E-state index is 12.3. The Morgan fingerprint density at radius 2 is 1.95 bits per heavy atom. The Balaban J connectivity index is 2.94. The van der Waals surface area contributed by atoms with Crippen LogP contribution in [0.5, 0.6) is 0 Å². The third kappa shape index (κ3) is 4.24. The SMILES string of the molecule is CNCc1c(C)oc(C)c1S(=O)(=O)NCCCSC. The molecule has 110 valence electrons. The van der Waals surface area contributed by atoms with Crippen LogP contribution in [0.1, 0.15) is 23.5 Å². The van der Waals surface area contributed by atoms with E-state index in [1.54, 1.807) is 32.7 Å². The van der Waals surface area contributed by atoms with Gasteiger partial charge in [0.25, 0.3) is 0 Å². The summed E-state index contributed by atoms with van der Waals surface area (Å²) in [4.78, 5) is 0.281. The van der Waals surface area contributed by atoms with Gasteiger partial charge in [-0.05, 0) is 39.3 Å². The van der Waals surface area contributed by atoms with Gasteiger partial charge in [-0.1, -0.05) is 0 Å². The smallest absolute Gasteiger partial charge is 0.244 e. The lowest BCUT2D eigenvalue weighted by molar-refractivity contribution is 0.493. The Morgan fingerprint density at radius 1 is 1.26 bits per heavy atom. The van der Waals surface area contributed by atoms with Gasteiger partial charge in [-0.25, -0.2) is 13.1 Å². The molecule has 1 rings (SSSR count). The van der Waals surface area contributed by atoms with Gasteiger partial charge in [0.15, 0.2) is 0 Å². The van der Waals surface area contributed by atoms with Gasteiger partial charge in [0.1, 0.15) is 16.4 Å². The van der Waals surface area contributed by atoms with Crippen LogP contribution in [0.3, 0.4) is 0 Å². The van der Waals surface area contributed by atoms with E-state index in [-0.39, 0.29) is 4.90 Å². The van der Waals surface area contributed by atoms with Gasteiger partial charge in [0.2, 0.25) is 10.0 Å². The second kappa shape index (κ2) is 7.33. The lowest BCUT2D eigenvalue weighted by Gasteiger charge is -2.08. The number of furan rings is 1. The predicted molar refractivity (Wildman–Crippen MR) is 79.1 cm³/mol. The van der Waals surface area contributed by atoms with Crippen molar-refractivity contribution in [2.24, 2.45) is 0 Å². The monoisotopic (exact) mass is 306 g/mol. The zero-order chi connectivity index (χ0) is 14.5. The molecule has 0 bridgehead atoms. The van der Waals surface area contributed by atoms with Crippen LogP contribution in [-0.4, -0.2) is 34.0 Å². The predicted octanol–water partition coefficient (Wildman–Crippen LogP) is 1.65. The van der Waals surface area contributed by atoms with Crippen molar-refractivity contribution in [1.82, 2.24) is 10.0 Å². The van der Waals surface area contributed by atoms with E-state index in [4.69, 9.17) is 4.42 Å². The molecule has 1 heterocycles. The zero-order valence-corrected chi connectivity index (χ0v) is 13.5. The van der Waals surface area contributed by atoms with E-state index in [9.17, 15) is 8.42 Å². The average molecular weight is 306 g/mol. The third-order valence-electron chi connectivity index (χ3n) is 2.76. The van der Waals surface area contributed by atoms with Gasteiger partial charge in [-0.3, -0.25) is 0 Å². The van der Waals surface area contributed by atoms with E-state index in [0.717, 1.165) is 12.2 Å². The number of thioether (sulfide) groups is 1. The maximum Gasteiger partial charge on any atom is 0.244 e. The summed E-state index contributed by atoms with van der Waals surface area (Å²) in [6, 6.07) is 0. The molecule has 5 nitrogen and oxygen atoms in total. The highest BCUT2D eigenvalue weighted by molar-refractivity contribution is 7.98. The average Bonchev–Trinajstić information content (AvgIpc) is 2.61. The van der Waals surface area contributed by atoms with Crippen molar-refractivity contribution in [3.05, 3.63) is 17.1 Å². The minimum atomic E-state index is -3.50. The molecule has 7 heteroatoms. The lowest BCUT2D eigenvalue weighted by atomic mass is 10.2. The second-order valence-electron chi connectivity index (χ2n) is 4.30. The maximum absolute atomic E-state index is 12.3. The molecular weight excluding hydrogens is 284 g/mol. The number of rotatable bonds is 8. The standard InChI is InChI=1S/C12H22N2O3S2/c1-9-11(8-13-3)12(10(2)17-9)19(15,16)14-6-5-7-18-4/h13-14H,5-8H2,1-4H3. The van der Waals surface area contributed by atoms with E-state index in [1.807, 2.05) is 6.26 Å². The van der Waals surface area contributed by atoms with Crippen molar-refractivity contribution in [2.75, 3.05) is 25.6 Å². The summed E-state index contributed by atoms with van der Waals surface area (Å²) in [6.07, 6.45) is 2.82. The number of aryl methyl sites for hydroxylation is 2. The molecule has 0 fully saturated rings. The van der Waals surface area contributed by atoms with Gasteiger partial charge in [0, 0.05) is 18.7 Å². The molecule has 0 saturated carbocycles. The molecule has 0 aliphatic rings. The first-order valence-electron chi connectivity index (χ1n) is 6.16. The van der Waals surface area contributed by atoms with Crippen molar-refractivity contribution in [3.8, 4) is 0 Å². The summed E-state index contributed by atoms with van der Waals surface area (Å²) in [7, 11) is -1.71. The van der Waals surface area contributed by atoms with Gasteiger partial charge in [0.05, 0.1) is 0 Å². The summed E-state index contributed by atoms with van der Waals surface area (Å²) >= 11 is 1.70. The number of hydrogen-bond acceptors (Lipinski definition) is 5. The molecule has 19 heavy (non-hydrogen) atoms. The fourth-order valence-electron chi connectivity index (χ4n) is 1.94. The van der Waals surface area contributed by atoms with Crippen molar-refractivity contribution in [1.29, 1.82) is 0 Å². The Morgan fingerprint density at radius 3 is 2.53 bits per heavy atom. The van der Waals surface area contributed by atoms with Gasteiger partial charge >= 0.3 is 0 Å². The molecule has 0 amide bonds. The van der Waals surface area contributed by atoms with Crippen molar-refractivity contribution in [3.63, 3.8) is 0 Å². The van der Waals surface area contributed by atoms with Gasteiger partial charge in [-0.2, -0.15) is 11.8 Å². The van der Waals surface area contributed by atoms with E-state index < -0.39 is 10.0 Å². The quantitative estimate of drug-likeness (QED) is 0.715. The first-order valence-corrected chi connectivity index (χ1v) is 9.03. The zero-order valence-electron chi connectivity index (χ0n) is 11.9. The van der Waals surface area contributed by atoms with Crippen LogP contribution in [0, 0.1) is 13.8 Å². The first-order chi connectivity index (χ1) is 8.94. The Bertz CT molecular complexity index is 509. The minimum Gasteiger partial charge on any atom is -0.465 e. The largest absolute Gasteiger partial charge is 0.465 e. The van der Waals surface area contributed by atoms with Crippen LogP contribution < -0.4 is 10.0 Å². The fraction of sp³-hybridized carbons (Fsp3) is 0.667. The van der Waals surface area contributed by atoms with E-state index in [1.165, 1.54) is 0 Å². The summed E-state index contributed by atoms with van der Waals surface area (Å²) < 4.78 is 32.7. The normalized spacial score (nSPS) is 12.0. The highest BCUT2D eigenvalue weighted by Crippen LogP contribution is 2.26. The molecule has 0 spiro atoms. The van der Waals surface area contributed by atoms with Crippen LogP contribution in [0.2, 0.25) is 0 Å². The molecule has 1 aromatic rings. The van der Waals surface area contributed by atoms with E-state index >= 15 is 0 Å².